The van der Waals surface area contributed by atoms with E-state index in [1.165, 1.54) is 11.1 Å². The van der Waals surface area contributed by atoms with Gasteiger partial charge in [-0.15, -0.1) is 0 Å². The zero-order valence-corrected chi connectivity index (χ0v) is 20.1. The van der Waals surface area contributed by atoms with Crippen LogP contribution in [0.2, 0.25) is 0 Å². The summed E-state index contributed by atoms with van der Waals surface area (Å²) in [6.45, 7) is 0. The molecule has 0 bridgehead atoms. The van der Waals surface area contributed by atoms with E-state index in [1.807, 2.05) is 24.3 Å². The van der Waals surface area contributed by atoms with Crippen molar-refractivity contribution < 1.29 is 19.7 Å². The summed E-state index contributed by atoms with van der Waals surface area (Å²) >= 11 is 6.84. The summed E-state index contributed by atoms with van der Waals surface area (Å²) in [7, 11) is -0.818. The molecule has 0 spiro atoms. The average molecular weight is 585 g/mol. The van der Waals surface area contributed by atoms with Crippen LogP contribution in [-0.2, 0) is 0 Å². The highest BCUT2D eigenvalue weighted by Crippen LogP contribution is 2.23. The predicted molar refractivity (Wildman–Crippen MR) is 151 cm³/mol. The van der Waals surface area contributed by atoms with Gasteiger partial charge in [0, 0.05) is 8.95 Å². The molecule has 0 aromatic heterocycles. The van der Waals surface area contributed by atoms with Crippen LogP contribution in [0.15, 0.2) is 106 Å². The molecule has 3 N–H and O–H groups in total. The van der Waals surface area contributed by atoms with Crippen LogP contribution in [0, 0.1) is 0 Å². The lowest BCUT2D eigenvalue weighted by atomic mass is 9.80. The molecule has 0 aliphatic rings. The monoisotopic (exact) mass is 583 g/mol. The lowest BCUT2D eigenvalue weighted by Gasteiger charge is -2.05. The Hall–Kier alpha value is -2.35. The number of rotatable bonds is 5. The van der Waals surface area contributed by atoms with E-state index < -0.39 is 7.12 Å². The number of benzene rings is 4. The third-order valence-electron chi connectivity index (χ3n) is 4.61. The molecule has 0 aliphatic carbocycles. The van der Waals surface area contributed by atoms with Crippen molar-refractivity contribution in [2.45, 2.75) is 14.9 Å². The molecule has 0 amide bonds. The smallest absolute Gasteiger partial charge is 0.537 e. The number of hydrogen-bond acceptors (Lipinski definition) is 4. The Morgan fingerprint density at radius 2 is 0.882 bits per heavy atom. The van der Waals surface area contributed by atoms with Crippen molar-refractivity contribution in [1.29, 1.82) is 0 Å². The highest BCUT2D eigenvalue weighted by atomic mass is 79.9. The minimum atomic E-state index is -1.45. The normalized spacial score (nSPS) is 9.44. The van der Waals surface area contributed by atoms with Gasteiger partial charge in [0.05, 0.1) is 0 Å². The van der Waals surface area contributed by atoms with Crippen LogP contribution in [0.1, 0.15) is 14.9 Å². The first-order chi connectivity index (χ1) is 15.5. The molecule has 1 radical (unpaired) electrons. The minimum Gasteiger partial charge on any atom is -0.537 e. The molecule has 34 heavy (non-hydrogen) atoms. The molecule has 0 aliphatic heterocycles. The van der Waals surface area contributed by atoms with Gasteiger partial charge in [0.15, 0.2) is 0 Å². The zero-order chi connectivity index (χ0) is 22.9. The minimum absolute atomic E-state index is 0. The second-order valence-electron chi connectivity index (χ2n) is 6.76. The Kier molecular flexibility index (Phi) is 12.9. The number of halogens is 2. The fraction of sp³-hybridized carbons (Fsp3) is 0.0769. The number of hydrogen-bond donors (Lipinski definition) is 3. The molecule has 4 aromatic rings. The Balaban J connectivity index is 0.000000329. The van der Waals surface area contributed by atoms with E-state index in [4.69, 9.17) is 19.7 Å². The van der Waals surface area contributed by atoms with Crippen LogP contribution >= 0.6 is 31.9 Å². The average Bonchev–Trinajstić information content (AvgIpc) is 2.81. The van der Waals surface area contributed by atoms with Crippen molar-refractivity contribution in [1.82, 2.24) is 0 Å². The van der Waals surface area contributed by atoms with Crippen molar-refractivity contribution in [2.24, 2.45) is 0 Å². The fourth-order valence-electron chi connectivity index (χ4n) is 2.92. The maximum atomic E-state index is 8.99. The summed E-state index contributed by atoms with van der Waals surface area (Å²) in [6.07, 6.45) is 0. The third kappa shape index (κ3) is 8.78. The molecule has 0 saturated heterocycles. The first kappa shape index (κ1) is 29.7. The summed E-state index contributed by atoms with van der Waals surface area (Å²) in [6, 6.07) is 30.7. The standard InChI is InChI=1S/C12H11B2O4.C12H8Br2.2CH4/c15-13-18-12-7-3-10(4-8-12)9-1-5-11(6-2-9)14(16)17;13-11-5-1-9(2-6-11)10-3-7-12(14)8-4-10;;/h1-8,15-17H;1-8H;2*1H4. The molecule has 0 saturated carbocycles. The van der Waals surface area contributed by atoms with E-state index >= 15 is 0 Å². The maximum absolute atomic E-state index is 8.99. The Morgan fingerprint density at radius 3 is 1.21 bits per heavy atom. The van der Waals surface area contributed by atoms with E-state index in [-0.39, 0.29) is 14.9 Å². The van der Waals surface area contributed by atoms with Crippen molar-refractivity contribution in [3.8, 4) is 28.0 Å². The predicted octanol–water partition coefficient (Wildman–Crippen LogP) is 6.09. The fourth-order valence-corrected chi connectivity index (χ4v) is 3.45. The molecule has 175 valence electrons. The summed E-state index contributed by atoms with van der Waals surface area (Å²) in [5.74, 6) is 0.545. The lowest BCUT2D eigenvalue weighted by molar-refractivity contribution is 0.426. The summed E-state index contributed by atoms with van der Waals surface area (Å²) in [5.41, 5.74) is 4.85. The van der Waals surface area contributed by atoms with Crippen LogP contribution in [0.4, 0.5) is 0 Å². The van der Waals surface area contributed by atoms with E-state index in [0.29, 0.717) is 18.9 Å². The van der Waals surface area contributed by atoms with Crippen molar-refractivity contribution in [3.05, 3.63) is 106 Å². The molecule has 8 heteroatoms. The topological polar surface area (TPSA) is 69.9 Å². The van der Waals surface area contributed by atoms with Gasteiger partial charge in [-0.25, -0.2) is 0 Å². The second kappa shape index (κ2) is 14.8. The summed E-state index contributed by atoms with van der Waals surface area (Å²) in [5, 5.41) is 26.5. The van der Waals surface area contributed by atoms with Crippen LogP contribution < -0.4 is 10.1 Å². The van der Waals surface area contributed by atoms with Crippen LogP contribution in [0.5, 0.6) is 5.75 Å². The van der Waals surface area contributed by atoms with Crippen LogP contribution in [0.3, 0.4) is 0 Å². The highest BCUT2D eigenvalue weighted by Gasteiger charge is 2.10. The SMILES string of the molecule is Brc1ccc(-c2ccc(Br)cc2)cc1.C.C.O[B]Oc1ccc(-c2ccc(B(O)O)cc2)cc1. The van der Waals surface area contributed by atoms with Gasteiger partial charge in [-0.05, 0) is 64.1 Å². The van der Waals surface area contributed by atoms with Crippen molar-refractivity contribution >= 4 is 52.1 Å². The van der Waals surface area contributed by atoms with Gasteiger partial charge in [-0.3, -0.25) is 0 Å². The molecule has 0 atom stereocenters. The van der Waals surface area contributed by atoms with Gasteiger partial charge in [0.1, 0.15) is 5.75 Å². The summed E-state index contributed by atoms with van der Waals surface area (Å²) in [4.78, 5) is 0. The third-order valence-corrected chi connectivity index (χ3v) is 5.66. The highest BCUT2D eigenvalue weighted by molar-refractivity contribution is 9.10. The van der Waals surface area contributed by atoms with Crippen LogP contribution in [-0.4, -0.2) is 29.9 Å². The van der Waals surface area contributed by atoms with Gasteiger partial charge in [0.25, 0.3) is 0 Å². The molecule has 4 nitrogen and oxygen atoms in total. The van der Waals surface area contributed by atoms with Gasteiger partial charge in [-0.2, -0.15) is 0 Å². The van der Waals surface area contributed by atoms with E-state index in [9.17, 15) is 0 Å². The summed E-state index contributed by atoms with van der Waals surface area (Å²) < 4.78 is 7.03. The van der Waals surface area contributed by atoms with E-state index in [2.05, 4.69) is 80.4 Å². The van der Waals surface area contributed by atoms with Gasteiger partial charge in [-0.1, -0.05) is 107 Å². The van der Waals surface area contributed by atoms with Gasteiger partial charge < -0.3 is 19.7 Å². The van der Waals surface area contributed by atoms with E-state index in [0.717, 1.165) is 20.1 Å². The first-order valence-electron chi connectivity index (χ1n) is 9.67. The van der Waals surface area contributed by atoms with Gasteiger partial charge in [0.2, 0.25) is 0 Å². The molecule has 4 rings (SSSR count). The second-order valence-corrected chi connectivity index (χ2v) is 8.59. The molecular formula is C26H27B2Br2O4. The lowest BCUT2D eigenvalue weighted by Crippen LogP contribution is -2.29. The molecular weight excluding hydrogens is 558 g/mol. The van der Waals surface area contributed by atoms with Crippen molar-refractivity contribution in [3.63, 3.8) is 0 Å². The molecule has 0 fully saturated rings. The van der Waals surface area contributed by atoms with Gasteiger partial charge >= 0.3 is 14.8 Å². The molecule has 0 unspecified atom stereocenters. The Morgan fingerprint density at radius 1 is 0.559 bits per heavy atom. The zero-order valence-electron chi connectivity index (χ0n) is 16.9. The quantitative estimate of drug-likeness (QED) is 0.248. The Bertz CT molecular complexity index is 1060. The van der Waals surface area contributed by atoms with Crippen molar-refractivity contribution in [2.75, 3.05) is 0 Å². The largest absolute Gasteiger partial charge is 0.569 e. The first-order valence-corrected chi connectivity index (χ1v) is 11.3. The maximum Gasteiger partial charge on any atom is 0.569 e. The Labute approximate surface area is 220 Å². The van der Waals surface area contributed by atoms with Crippen LogP contribution in [0.25, 0.3) is 22.3 Å². The molecule has 4 aromatic carbocycles. The van der Waals surface area contributed by atoms with E-state index in [1.54, 1.807) is 24.3 Å². The molecule has 0 heterocycles.